The van der Waals surface area contributed by atoms with Crippen LogP contribution in [0.2, 0.25) is 0 Å². The van der Waals surface area contributed by atoms with Gasteiger partial charge in [-0.1, -0.05) is 0 Å². The van der Waals surface area contributed by atoms with Crippen molar-refractivity contribution in [3.05, 3.63) is 11.1 Å². The number of thiazole rings is 1. The van der Waals surface area contributed by atoms with Crippen molar-refractivity contribution in [2.24, 2.45) is 10.9 Å². The molecule has 3 aliphatic rings. The molecular weight excluding hydrogens is 523 g/mol. The van der Waals surface area contributed by atoms with Crippen molar-refractivity contribution < 1.29 is 4.74 Å². The maximum Gasteiger partial charge on any atom is 0.191 e. The van der Waals surface area contributed by atoms with Crippen molar-refractivity contribution in [3.8, 4) is 0 Å². The van der Waals surface area contributed by atoms with Gasteiger partial charge < -0.3 is 25.2 Å². The zero-order valence-electron chi connectivity index (χ0n) is 18.9. The number of aromatic nitrogens is 1. The number of hydrogen-bond donors (Lipinski definition) is 2. The number of anilines is 1. The molecule has 31 heavy (non-hydrogen) atoms. The Morgan fingerprint density at radius 2 is 2.03 bits per heavy atom. The molecule has 7 nitrogen and oxygen atoms in total. The topological polar surface area (TPSA) is 65.0 Å². The van der Waals surface area contributed by atoms with Gasteiger partial charge in [-0.15, -0.1) is 35.3 Å². The summed E-state index contributed by atoms with van der Waals surface area (Å²) in [6.45, 7) is 11.6. The minimum absolute atomic E-state index is 0. The monoisotopic (exact) mass is 562 g/mol. The molecule has 4 heterocycles. The van der Waals surface area contributed by atoms with E-state index in [0.29, 0.717) is 6.04 Å². The summed E-state index contributed by atoms with van der Waals surface area (Å²) in [4.78, 5) is 14.7. The highest BCUT2D eigenvalue weighted by molar-refractivity contribution is 14.0. The molecule has 3 aliphatic heterocycles. The number of nitrogens with one attached hydrogen (secondary N) is 2. The fourth-order valence-electron chi connectivity index (χ4n) is 4.61. The van der Waals surface area contributed by atoms with Crippen LogP contribution in [-0.2, 0) is 11.2 Å². The lowest BCUT2D eigenvalue weighted by Gasteiger charge is -2.34. The van der Waals surface area contributed by atoms with E-state index < -0.39 is 0 Å². The lowest BCUT2D eigenvalue weighted by molar-refractivity contribution is 0.150. The number of nitrogens with zero attached hydrogens (tertiary/aromatic N) is 4. The molecule has 0 saturated carbocycles. The van der Waals surface area contributed by atoms with Gasteiger partial charge in [-0.2, -0.15) is 0 Å². The SMILES string of the molecule is CCNC(=NCCc1csc(N2CCCC2)n1)NC1CCN(CC2CCOC2)CC1.I. The van der Waals surface area contributed by atoms with Crippen LogP contribution in [-0.4, -0.2) is 80.9 Å². The summed E-state index contributed by atoms with van der Waals surface area (Å²) in [7, 11) is 0. The van der Waals surface area contributed by atoms with Crippen molar-refractivity contribution >= 4 is 46.4 Å². The van der Waals surface area contributed by atoms with Crippen LogP contribution in [0, 0.1) is 5.92 Å². The van der Waals surface area contributed by atoms with E-state index in [9.17, 15) is 0 Å². The van der Waals surface area contributed by atoms with Crippen LogP contribution >= 0.6 is 35.3 Å². The van der Waals surface area contributed by atoms with Gasteiger partial charge >= 0.3 is 0 Å². The Bertz CT molecular complexity index is 667. The normalized spacial score (nSPS) is 23.2. The Kier molecular flexibility index (Phi) is 10.6. The van der Waals surface area contributed by atoms with E-state index in [1.807, 2.05) is 0 Å². The molecule has 0 aromatic carbocycles. The number of hydrogen-bond acceptors (Lipinski definition) is 6. The molecule has 0 amide bonds. The van der Waals surface area contributed by atoms with Gasteiger partial charge in [0, 0.05) is 70.3 Å². The summed E-state index contributed by atoms with van der Waals surface area (Å²) >= 11 is 1.78. The average Bonchev–Trinajstić information content (AvgIpc) is 3.52. The van der Waals surface area contributed by atoms with E-state index in [1.54, 1.807) is 11.3 Å². The minimum atomic E-state index is 0. The van der Waals surface area contributed by atoms with Gasteiger partial charge in [0.1, 0.15) is 0 Å². The first-order valence-corrected chi connectivity index (χ1v) is 12.7. The molecule has 3 saturated heterocycles. The Labute approximate surface area is 208 Å². The Hall–Kier alpha value is -0.650. The van der Waals surface area contributed by atoms with E-state index >= 15 is 0 Å². The predicted octanol–water partition coefficient (Wildman–Crippen LogP) is 2.96. The fourth-order valence-corrected chi connectivity index (χ4v) is 5.53. The highest BCUT2D eigenvalue weighted by atomic mass is 127. The number of rotatable bonds is 8. The van der Waals surface area contributed by atoms with Crippen LogP contribution in [0.5, 0.6) is 0 Å². The lowest BCUT2D eigenvalue weighted by atomic mass is 10.0. The van der Waals surface area contributed by atoms with Crippen molar-refractivity contribution in [3.63, 3.8) is 0 Å². The number of guanidine groups is 1. The molecule has 0 aliphatic carbocycles. The van der Waals surface area contributed by atoms with Crippen LogP contribution in [0.25, 0.3) is 0 Å². The summed E-state index contributed by atoms with van der Waals surface area (Å²) in [6, 6.07) is 0.514. The molecule has 2 N–H and O–H groups in total. The molecule has 0 spiro atoms. The molecule has 1 aromatic rings. The third kappa shape index (κ3) is 7.71. The van der Waals surface area contributed by atoms with Crippen molar-refractivity contribution in [2.75, 3.05) is 63.9 Å². The van der Waals surface area contributed by atoms with Gasteiger partial charge in [-0.3, -0.25) is 4.99 Å². The second kappa shape index (κ2) is 13.2. The first-order valence-electron chi connectivity index (χ1n) is 11.8. The highest BCUT2D eigenvalue weighted by Crippen LogP contribution is 2.24. The van der Waals surface area contributed by atoms with Gasteiger partial charge in [-0.05, 0) is 44.9 Å². The summed E-state index contributed by atoms with van der Waals surface area (Å²) < 4.78 is 5.53. The molecule has 4 rings (SSSR count). The van der Waals surface area contributed by atoms with Crippen molar-refractivity contribution in [2.45, 2.75) is 51.5 Å². The zero-order chi connectivity index (χ0) is 20.6. The third-order valence-electron chi connectivity index (χ3n) is 6.37. The first kappa shape index (κ1) is 25.0. The van der Waals surface area contributed by atoms with Gasteiger partial charge in [0.25, 0.3) is 0 Å². The molecule has 176 valence electrons. The summed E-state index contributed by atoms with van der Waals surface area (Å²) in [5, 5.41) is 10.5. The van der Waals surface area contributed by atoms with Gasteiger partial charge in [0.05, 0.1) is 12.3 Å². The van der Waals surface area contributed by atoms with Crippen LogP contribution in [0.4, 0.5) is 5.13 Å². The molecule has 1 unspecified atom stereocenters. The van der Waals surface area contributed by atoms with Gasteiger partial charge in [0.2, 0.25) is 0 Å². The standard InChI is InChI=1S/C22H38N6OS.HI/c1-2-23-21(24-9-5-20-17-30-22(26-20)28-10-3-4-11-28)25-19-6-12-27(13-7-19)15-18-8-14-29-16-18;/h17-19H,2-16H2,1H3,(H2,23,24,25);1H. The fraction of sp³-hybridized carbons (Fsp3) is 0.818. The van der Waals surface area contributed by atoms with Crippen molar-refractivity contribution in [1.29, 1.82) is 0 Å². The lowest BCUT2D eigenvalue weighted by Crippen LogP contribution is -2.49. The smallest absolute Gasteiger partial charge is 0.191 e. The molecule has 9 heteroatoms. The van der Waals surface area contributed by atoms with Crippen LogP contribution in [0.15, 0.2) is 10.4 Å². The molecule has 3 fully saturated rings. The second-order valence-corrected chi connectivity index (χ2v) is 9.61. The van der Waals surface area contributed by atoms with Crippen LogP contribution in [0.3, 0.4) is 0 Å². The molecular formula is C22H39IN6OS. The number of likely N-dealkylation sites (tertiary alicyclic amines) is 1. The summed E-state index contributed by atoms with van der Waals surface area (Å²) in [5.74, 6) is 1.69. The number of aliphatic imine (C=N–C) groups is 1. The van der Waals surface area contributed by atoms with E-state index in [4.69, 9.17) is 14.7 Å². The largest absolute Gasteiger partial charge is 0.381 e. The summed E-state index contributed by atoms with van der Waals surface area (Å²) in [6.07, 6.45) is 7.10. The number of piperidine rings is 1. The third-order valence-corrected chi connectivity index (χ3v) is 7.32. The number of ether oxygens (including phenoxy) is 1. The molecule has 1 aromatic heterocycles. The predicted molar refractivity (Wildman–Crippen MR) is 140 cm³/mol. The minimum Gasteiger partial charge on any atom is -0.381 e. The quantitative estimate of drug-likeness (QED) is 0.289. The Morgan fingerprint density at radius 1 is 1.23 bits per heavy atom. The highest BCUT2D eigenvalue weighted by Gasteiger charge is 2.24. The van der Waals surface area contributed by atoms with Crippen LogP contribution in [0.1, 0.15) is 44.7 Å². The summed E-state index contributed by atoms with van der Waals surface area (Å²) in [5.41, 5.74) is 1.17. The van der Waals surface area contributed by atoms with E-state index in [1.165, 1.54) is 62.6 Å². The van der Waals surface area contributed by atoms with Gasteiger partial charge in [0.15, 0.2) is 11.1 Å². The second-order valence-electron chi connectivity index (χ2n) is 8.78. The maximum atomic E-state index is 5.53. The zero-order valence-corrected chi connectivity index (χ0v) is 22.0. The average molecular weight is 563 g/mol. The first-order chi connectivity index (χ1) is 14.8. The molecule has 0 bridgehead atoms. The maximum absolute atomic E-state index is 5.53. The van der Waals surface area contributed by atoms with E-state index in [0.717, 1.165) is 57.7 Å². The van der Waals surface area contributed by atoms with E-state index in [2.05, 4.69) is 32.7 Å². The number of halogens is 1. The molecule has 1 atom stereocenters. The van der Waals surface area contributed by atoms with Gasteiger partial charge in [-0.25, -0.2) is 4.98 Å². The Balaban J connectivity index is 0.00000272. The molecule has 0 radical (unpaired) electrons. The van der Waals surface area contributed by atoms with E-state index in [-0.39, 0.29) is 24.0 Å². The van der Waals surface area contributed by atoms with Crippen molar-refractivity contribution in [1.82, 2.24) is 20.5 Å². The van der Waals surface area contributed by atoms with Crippen LogP contribution < -0.4 is 15.5 Å². The Morgan fingerprint density at radius 3 is 2.74 bits per heavy atom.